The van der Waals surface area contributed by atoms with Crippen LogP contribution in [-0.2, 0) is 0 Å². The third kappa shape index (κ3) is 2.09. The van der Waals surface area contributed by atoms with Gasteiger partial charge in [0.15, 0.2) is 17.1 Å². The van der Waals surface area contributed by atoms with Gasteiger partial charge in [0.05, 0.1) is 5.52 Å². The van der Waals surface area contributed by atoms with Crippen molar-refractivity contribution in [1.29, 1.82) is 0 Å². The topological polar surface area (TPSA) is 127 Å². The lowest BCUT2D eigenvalue weighted by Gasteiger charge is -2.05. The van der Waals surface area contributed by atoms with Crippen LogP contribution in [0.2, 0.25) is 0 Å². The first-order chi connectivity index (χ1) is 9.63. The molecule has 0 spiro atoms. The Morgan fingerprint density at radius 2 is 2.10 bits per heavy atom. The Kier molecular flexibility index (Phi) is 2.68. The summed E-state index contributed by atoms with van der Waals surface area (Å²) in [6, 6.07) is 4.75. The minimum Gasteiger partial charge on any atom is -0.408 e. The number of nitrogens with two attached hydrogens (primary N) is 1. The Morgan fingerprint density at radius 3 is 2.90 bits per heavy atom. The van der Waals surface area contributed by atoms with Crippen LogP contribution in [0.5, 0.6) is 0 Å². The molecular weight excluding hydrogens is 262 g/mol. The van der Waals surface area contributed by atoms with Crippen molar-refractivity contribution in [1.82, 2.24) is 15.0 Å². The molecule has 8 nitrogen and oxygen atoms in total. The molecule has 1 amide bonds. The Bertz CT molecular complexity index is 851. The molecule has 8 heteroatoms. The van der Waals surface area contributed by atoms with Crippen molar-refractivity contribution in [2.45, 2.75) is 0 Å². The molecule has 1 aromatic carbocycles. The van der Waals surface area contributed by atoms with E-state index in [0.29, 0.717) is 16.8 Å². The molecule has 0 unspecified atom stereocenters. The molecule has 0 aliphatic rings. The fourth-order valence-electron chi connectivity index (χ4n) is 1.74. The number of carbonyl (C=O) groups excluding carboxylic acids is 1. The predicted molar refractivity (Wildman–Crippen MR) is 71.2 cm³/mol. The summed E-state index contributed by atoms with van der Waals surface area (Å²) in [7, 11) is 0. The molecule has 0 atom stereocenters. The number of aromatic nitrogens is 3. The van der Waals surface area contributed by atoms with Crippen LogP contribution in [0, 0.1) is 0 Å². The maximum Gasteiger partial charge on any atom is 0.417 e. The van der Waals surface area contributed by atoms with E-state index in [0.717, 1.165) is 0 Å². The molecule has 2 aromatic heterocycles. The molecular formula is C12H9N5O3. The highest BCUT2D eigenvalue weighted by molar-refractivity contribution is 6.06. The molecule has 3 aromatic rings. The zero-order chi connectivity index (χ0) is 14.1. The summed E-state index contributed by atoms with van der Waals surface area (Å²) in [6.45, 7) is 0. The number of nitrogen functional groups attached to an aromatic ring is 1. The van der Waals surface area contributed by atoms with Gasteiger partial charge < -0.3 is 15.5 Å². The number of hydrogen-bond donors (Lipinski definition) is 3. The van der Waals surface area contributed by atoms with E-state index >= 15 is 0 Å². The first kappa shape index (κ1) is 11.9. The maximum atomic E-state index is 12.0. The molecule has 100 valence electrons. The number of benzene rings is 1. The largest absolute Gasteiger partial charge is 0.417 e. The predicted octanol–water partition coefficient (Wildman–Crippen LogP) is 0.746. The number of anilines is 2. The first-order valence-electron chi connectivity index (χ1n) is 5.64. The van der Waals surface area contributed by atoms with Gasteiger partial charge >= 0.3 is 5.76 Å². The van der Waals surface area contributed by atoms with E-state index in [-0.39, 0.29) is 11.5 Å². The smallest absolute Gasteiger partial charge is 0.408 e. The Balaban J connectivity index is 1.91. The second-order valence-corrected chi connectivity index (χ2v) is 3.97. The van der Waals surface area contributed by atoms with E-state index in [4.69, 9.17) is 10.2 Å². The maximum absolute atomic E-state index is 12.0. The van der Waals surface area contributed by atoms with Crippen molar-refractivity contribution in [2.24, 2.45) is 0 Å². The minimum atomic E-state index is -0.554. The fourth-order valence-corrected chi connectivity index (χ4v) is 1.74. The molecule has 0 aliphatic heterocycles. The van der Waals surface area contributed by atoms with Crippen molar-refractivity contribution in [3.63, 3.8) is 0 Å². The fraction of sp³-hybridized carbons (Fsp3) is 0. The summed E-state index contributed by atoms with van der Waals surface area (Å²) >= 11 is 0. The van der Waals surface area contributed by atoms with Crippen LogP contribution in [0.25, 0.3) is 11.1 Å². The zero-order valence-electron chi connectivity index (χ0n) is 10.1. The Morgan fingerprint density at radius 1 is 1.30 bits per heavy atom. The lowest BCUT2D eigenvalue weighted by Crippen LogP contribution is -2.16. The van der Waals surface area contributed by atoms with E-state index in [1.807, 2.05) is 0 Å². The Hall–Kier alpha value is -3.16. The number of hydrogen-bond acceptors (Lipinski definition) is 6. The lowest BCUT2D eigenvalue weighted by molar-refractivity contribution is 0.102. The summed E-state index contributed by atoms with van der Waals surface area (Å²) < 4.78 is 4.87. The van der Waals surface area contributed by atoms with Crippen molar-refractivity contribution < 1.29 is 9.21 Å². The van der Waals surface area contributed by atoms with E-state index in [1.165, 1.54) is 12.4 Å². The summed E-state index contributed by atoms with van der Waals surface area (Å²) in [4.78, 5) is 33.2. The minimum absolute atomic E-state index is 0.0354. The van der Waals surface area contributed by atoms with Gasteiger partial charge in [-0.2, -0.15) is 0 Å². The highest BCUT2D eigenvalue weighted by atomic mass is 16.4. The average molecular weight is 271 g/mol. The second-order valence-electron chi connectivity index (χ2n) is 3.97. The van der Waals surface area contributed by atoms with Crippen LogP contribution in [0.3, 0.4) is 0 Å². The zero-order valence-corrected chi connectivity index (χ0v) is 10.1. The quantitative estimate of drug-likeness (QED) is 0.631. The first-order valence-corrected chi connectivity index (χ1v) is 5.64. The normalized spacial score (nSPS) is 10.6. The monoisotopic (exact) mass is 271 g/mol. The molecule has 0 fully saturated rings. The third-order valence-corrected chi connectivity index (χ3v) is 2.62. The van der Waals surface area contributed by atoms with Gasteiger partial charge in [-0.05, 0) is 18.2 Å². The molecule has 20 heavy (non-hydrogen) atoms. The molecule has 3 rings (SSSR count). The van der Waals surface area contributed by atoms with Crippen molar-refractivity contribution in [3.05, 3.63) is 46.8 Å². The second kappa shape index (κ2) is 4.50. The standard InChI is InChI=1S/C12H9N5O3/c13-10-9(14-3-4-15-10)11(18)16-6-1-2-8-7(5-6)17-12(19)20-8/h1-5H,(H2,13,15)(H,16,18)(H,17,19). The van der Waals surface area contributed by atoms with Crippen LogP contribution < -0.4 is 16.8 Å². The van der Waals surface area contributed by atoms with Gasteiger partial charge in [0, 0.05) is 18.1 Å². The molecule has 4 N–H and O–H groups in total. The number of nitrogens with one attached hydrogen (secondary N) is 2. The van der Waals surface area contributed by atoms with Gasteiger partial charge in [-0.1, -0.05) is 0 Å². The number of carbonyl (C=O) groups is 1. The third-order valence-electron chi connectivity index (χ3n) is 2.62. The Labute approximate surface area is 111 Å². The number of amides is 1. The van der Waals surface area contributed by atoms with Crippen LogP contribution in [-0.4, -0.2) is 20.9 Å². The van der Waals surface area contributed by atoms with Crippen molar-refractivity contribution in [3.8, 4) is 0 Å². The van der Waals surface area contributed by atoms with Gasteiger partial charge in [0.1, 0.15) is 0 Å². The van der Waals surface area contributed by atoms with Gasteiger partial charge in [-0.3, -0.25) is 9.78 Å². The van der Waals surface area contributed by atoms with E-state index in [9.17, 15) is 9.59 Å². The number of oxazole rings is 1. The van der Waals surface area contributed by atoms with Crippen LogP contribution in [0.15, 0.2) is 39.8 Å². The lowest BCUT2D eigenvalue weighted by atomic mass is 10.2. The van der Waals surface area contributed by atoms with Crippen LogP contribution >= 0.6 is 0 Å². The van der Waals surface area contributed by atoms with E-state index in [1.54, 1.807) is 18.2 Å². The van der Waals surface area contributed by atoms with Crippen molar-refractivity contribution in [2.75, 3.05) is 11.1 Å². The molecule has 0 bridgehead atoms. The summed E-state index contributed by atoms with van der Waals surface area (Å²) in [5.41, 5.74) is 6.98. The highest BCUT2D eigenvalue weighted by Crippen LogP contribution is 2.17. The highest BCUT2D eigenvalue weighted by Gasteiger charge is 2.12. The SMILES string of the molecule is Nc1nccnc1C(=O)Nc1ccc2oc(=O)[nH]c2c1. The summed E-state index contributed by atoms with van der Waals surface area (Å²) in [5.74, 6) is -0.995. The molecule has 2 heterocycles. The van der Waals surface area contributed by atoms with E-state index < -0.39 is 11.7 Å². The number of H-pyrrole nitrogens is 1. The van der Waals surface area contributed by atoms with Crippen LogP contribution in [0.4, 0.5) is 11.5 Å². The summed E-state index contributed by atoms with van der Waals surface area (Å²) in [6.07, 6.45) is 2.77. The summed E-state index contributed by atoms with van der Waals surface area (Å²) in [5, 5.41) is 2.62. The van der Waals surface area contributed by atoms with Gasteiger partial charge in [-0.25, -0.2) is 14.8 Å². The molecule has 0 aliphatic carbocycles. The average Bonchev–Trinajstić information content (AvgIpc) is 2.78. The number of rotatable bonds is 2. The van der Waals surface area contributed by atoms with E-state index in [2.05, 4.69) is 20.3 Å². The number of fused-ring (bicyclic) bond motifs is 1. The molecule has 0 saturated heterocycles. The van der Waals surface area contributed by atoms with Crippen LogP contribution in [0.1, 0.15) is 10.5 Å². The van der Waals surface area contributed by atoms with Crippen molar-refractivity contribution >= 4 is 28.5 Å². The number of nitrogens with zero attached hydrogens (tertiary/aromatic N) is 2. The molecule has 0 saturated carbocycles. The van der Waals surface area contributed by atoms with Gasteiger partial charge in [0.2, 0.25) is 0 Å². The van der Waals surface area contributed by atoms with Gasteiger partial charge in [0.25, 0.3) is 5.91 Å². The molecule has 0 radical (unpaired) electrons. The van der Waals surface area contributed by atoms with Gasteiger partial charge in [-0.15, -0.1) is 0 Å². The number of aromatic amines is 1.